The third-order valence-corrected chi connectivity index (χ3v) is 3.63. The Morgan fingerprint density at radius 2 is 1.87 bits per heavy atom. The summed E-state index contributed by atoms with van der Waals surface area (Å²) in [6.45, 7) is 3.15. The molecule has 23 heavy (non-hydrogen) atoms. The van der Waals surface area contributed by atoms with Gasteiger partial charge >= 0.3 is 0 Å². The quantitative estimate of drug-likeness (QED) is 0.638. The second-order valence-corrected chi connectivity index (χ2v) is 5.08. The van der Waals surface area contributed by atoms with E-state index in [1.54, 1.807) is 0 Å². The van der Waals surface area contributed by atoms with E-state index in [2.05, 4.69) is 9.55 Å². The number of hydrogen-bond acceptors (Lipinski definition) is 3. The number of Topliss-reactive ketones (excluding diaryl/α,β-unsaturated/α-hetero) is 1. The molecule has 4 nitrogen and oxygen atoms in total. The minimum Gasteiger partial charge on any atom is -0.492 e. The maximum absolute atomic E-state index is 11.6. The molecule has 3 rings (SSSR count). The van der Waals surface area contributed by atoms with Crippen molar-refractivity contribution in [2.45, 2.75) is 19.9 Å². The summed E-state index contributed by atoms with van der Waals surface area (Å²) in [6, 6.07) is 15.3. The molecule has 0 unspecified atom stereocenters. The average molecular weight is 331 g/mol. The van der Waals surface area contributed by atoms with E-state index in [9.17, 15) is 4.79 Å². The third kappa shape index (κ3) is 3.90. The first kappa shape index (κ1) is 17.0. The number of imidazole rings is 1. The Bertz CT molecular complexity index is 781. The minimum absolute atomic E-state index is 0. The van der Waals surface area contributed by atoms with Crippen molar-refractivity contribution < 1.29 is 9.53 Å². The molecule has 0 N–H and O–H groups in total. The smallest absolute Gasteiger partial charge is 0.162 e. The summed E-state index contributed by atoms with van der Waals surface area (Å²) in [5.41, 5.74) is 2.83. The summed E-state index contributed by atoms with van der Waals surface area (Å²) in [5.74, 6) is 0.925. The first-order valence-corrected chi connectivity index (χ1v) is 7.44. The Hall–Kier alpha value is -2.33. The molecule has 0 spiro atoms. The number of carbonyl (C=O) groups is 1. The molecule has 0 fully saturated rings. The summed E-state index contributed by atoms with van der Waals surface area (Å²) in [5, 5.41) is 0. The van der Waals surface area contributed by atoms with Gasteiger partial charge in [-0.3, -0.25) is 4.79 Å². The Labute approximate surface area is 141 Å². The van der Waals surface area contributed by atoms with Gasteiger partial charge in [-0.25, -0.2) is 4.98 Å². The molecule has 0 saturated heterocycles. The van der Waals surface area contributed by atoms with Crippen molar-refractivity contribution in [3.05, 3.63) is 60.4 Å². The number of ether oxygens (including phenoxy) is 1. The topological polar surface area (TPSA) is 44.1 Å². The van der Waals surface area contributed by atoms with Gasteiger partial charge in [-0.05, 0) is 36.4 Å². The third-order valence-electron chi connectivity index (χ3n) is 3.63. The standard InChI is InChI=1S/C18H18N2O2.ClH/c1-2-18(21)14-7-9-15(10-8-14)22-12-11-20-13-19-16-5-3-4-6-17(16)20;/h3-10,13H,2,11-12H2,1H3;1H. The van der Waals surface area contributed by atoms with E-state index >= 15 is 0 Å². The number of aromatic nitrogens is 2. The first-order valence-electron chi connectivity index (χ1n) is 7.44. The van der Waals surface area contributed by atoms with Crippen molar-refractivity contribution in [1.82, 2.24) is 9.55 Å². The number of fused-ring (bicyclic) bond motifs is 1. The lowest BCUT2D eigenvalue weighted by Crippen LogP contribution is -2.07. The Balaban J connectivity index is 0.00000192. The van der Waals surface area contributed by atoms with Crippen molar-refractivity contribution in [1.29, 1.82) is 0 Å². The van der Waals surface area contributed by atoms with Crippen molar-refractivity contribution in [3.8, 4) is 5.75 Å². The number of ketones is 1. The van der Waals surface area contributed by atoms with Gasteiger partial charge in [0.05, 0.1) is 23.9 Å². The zero-order chi connectivity index (χ0) is 15.4. The number of nitrogens with zero attached hydrogens (tertiary/aromatic N) is 2. The maximum atomic E-state index is 11.6. The maximum Gasteiger partial charge on any atom is 0.162 e. The second-order valence-electron chi connectivity index (χ2n) is 5.08. The summed E-state index contributed by atoms with van der Waals surface area (Å²) < 4.78 is 7.81. The zero-order valence-electron chi connectivity index (χ0n) is 12.9. The van der Waals surface area contributed by atoms with Gasteiger partial charge in [-0.15, -0.1) is 12.4 Å². The average Bonchev–Trinajstić information content (AvgIpc) is 2.98. The van der Waals surface area contributed by atoms with Crippen molar-refractivity contribution in [2.75, 3.05) is 6.61 Å². The van der Waals surface area contributed by atoms with E-state index in [0.29, 0.717) is 13.0 Å². The molecule has 2 aromatic carbocycles. The van der Waals surface area contributed by atoms with Crippen LogP contribution in [0.4, 0.5) is 0 Å². The number of benzene rings is 2. The molecule has 0 radical (unpaired) electrons. The van der Waals surface area contributed by atoms with Gasteiger partial charge in [0.1, 0.15) is 12.4 Å². The van der Waals surface area contributed by atoms with Gasteiger partial charge in [-0.1, -0.05) is 19.1 Å². The molecular weight excluding hydrogens is 312 g/mol. The van der Waals surface area contributed by atoms with Crippen LogP contribution in [-0.4, -0.2) is 21.9 Å². The van der Waals surface area contributed by atoms with Crippen molar-refractivity contribution >= 4 is 29.2 Å². The number of hydrogen-bond donors (Lipinski definition) is 0. The van der Waals surface area contributed by atoms with Crippen LogP contribution in [0.5, 0.6) is 5.75 Å². The second kappa shape index (κ2) is 7.79. The fourth-order valence-corrected chi connectivity index (χ4v) is 2.39. The molecule has 0 aliphatic rings. The number of carbonyl (C=O) groups excluding carboxylic acids is 1. The van der Waals surface area contributed by atoms with Gasteiger partial charge in [-0.2, -0.15) is 0 Å². The SMILES string of the molecule is CCC(=O)c1ccc(OCCn2cnc3ccccc32)cc1.Cl. The molecule has 0 saturated carbocycles. The lowest BCUT2D eigenvalue weighted by Gasteiger charge is -2.08. The summed E-state index contributed by atoms with van der Waals surface area (Å²) in [4.78, 5) is 15.9. The van der Waals surface area contributed by atoms with Crippen LogP contribution in [0.3, 0.4) is 0 Å². The van der Waals surface area contributed by atoms with Crippen LogP contribution >= 0.6 is 12.4 Å². The van der Waals surface area contributed by atoms with Crippen molar-refractivity contribution in [2.24, 2.45) is 0 Å². The fraction of sp³-hybridized carbons (Fsp3) is 0.222. The van der Waals surface area contributed by atoms with Crippen LogP contribution in [0, 0.1) is 0 Å². The molecule has 0 atom stereocenters. The number of para-hydroxylation sites is 2. The monoisotopic (exact) mass is 330 g/mol. The largest absolute Gasteiger partial charge is 0.492 e. The highest BCUT2D eigenvalue weighted by molar-refractivity contribution is 5.95. The summed E-state index contributed by atoms with van der Waals surface area (Å²) in [7, 11) is 0. The van der Waals surface area contributed by atoms with Crippen molar-refractivity contribution in [3.63, 3.8) is 0 Å². The highest BCUT2D eigenvalue weighted by atomic mass is 35.5. The van der Waals surface area contributed by atoms with E-state index < -0.39 is 0 Å². The molecule has 120 valence electrons. The molecule has 1 heterocycles. The van der Waals surface area contributed by atoms with Crippen LogP contribution in [0.25, 0.3) is 11.0 Å². The van der Waals surface area contributed by atoms with Crippen LogP contribution in [0.1, 0.15) is 23.7 Å². The van der Waals surface area contributed by atoms with Gasteiger partial charge in [0.2, 0.25) is 0 Å². The minimum atomic E-state index is 0. The van der Waals surface area contributed by atoms with Gasteiger partial charge in [0, 0.05) is 12.0 Å². The van der Waals surface area contributed by atoms with Crippen LogP contribution in [-0.2, 0) is 6.54 Å². The van der Waals surface area contributed by atoms with E-state index in [4.69, 9.17) is 4.74 Å². The molecule has 0 bridgehead atoms. The number of rotatable bonds is 6. The molecule has 0 amide bonds. The van der Waals surface area contributed by atoms with Crippen LogP contribution in [0.15, 0.2) is 54.9 Å². The predicted molar refractivity (Wildman–Crippen MR) is 93.5 cm³/mol. The molecule has 3 aromatic rings. The molecule has 5 heteroatoms. The summed E-state index contributed by atoms with van der Waals surface area (Å²) >= 11 is 0. The molecule has 0 aliphatic carbocycles. The number of halogens is 1. The van der Waals surface area contributed by atoms with Gasteiger partial charge in [0.25, 0.3) is 0 Å². The van der Waals surface area contributed by atoms with Gasteiger partial charge < -0.3 is 9.30 Å². The Morgan fingerprint density at radius 3 is 2.61 bits per heavy atom. The molecular formula is C18H19ClN2O2. The highest BCUT2D eigenvalue weighted by Gasteiger charge is 2.04. The lowest BCUT2D eigenvalue weighted by molar-refractivity contribution is 0.0988. The van der Waals surface area contributed by atoms with E-state index in [1.807, 2.05) is 61.8 Å². The van der Waals surface area contributed by atoms with E-state index in [0.717, 1.165) is 28.9 Å². The van der Waals surface area contributed by atoms with E-state index in [1.165, 1.54) is 0 Å². The zero-order valence-corrected chi connectivity index (χ0v) is 13.8. The Kier molecular flexibility index (Phi) is 5.77. The Morgan fingerprint density at radius 1 is 1.13 bits per heavy atom. The molecule has 0 aliphatic heterocycles. The van der Waals surface area contributed by atoms with Gasteiger partial charge in [0.15, 0.2) is 5.78 Å². The molecule has 1 aromatic heterocycles. The normalized spacial score (nSPS) is 10.3. The van der Waals surface area contributed by atoms with Crippen LogP contribution in [0.2, 0.25) is 0 Å². The highest BCUT2D eigenvalue weighted by Crippen LogP contribution is 2.15. The lowest BCUT2D eigenvalue weighted by atomic mass is 10.1. The van der Waals surface area contributed by atoms with E-state index in [-0.39, 0.29) is 18.2 Å². The first-order chi connectivity index (χ1) is 10.8. The predicted octanol–water partition coefficient (Wildman–Crippen LogP) is 4.13. The van der Waals surface area contributed by atoms with Crippen LogP contribution < -0.4 is 4.74 Å². The summed E-state index contributed by atoms with van der Waals surface area (Å²) in [6.07, 6.45) is 2.35. The fourth-order valence-electron chi connectivity index (χ4n) is 2.39.